The van der Waals surface area contributed by atoms with Gasteiger partial charge in [-0.3, -0.25) is 9.78 Å². The van der Waals surface area contributed by atoms with Gasteiger partial charge in [-0.1, -0.05) is 12.5 Å². The summed E-state index contributed by atoms with van der Waals surface area (Å²) in [6, 6.07) is 6.47. The Morgan fingerprint density at radius 3 is 2.94 bits per heavy atom. The molecule has 0 aliphatic carbocycles. The average Bonchev–Trinajstić information content (AvgIpc) is 3.22. The maximum absolute atomic E-state index is 14.4. The van der Waals surface area contributed by atoms with E-state index in [-0.39, 0.29) is 23.7 Å². The van der Waals surface area contributed by atoms with Gasteiger partial charge >= 0.3 is 0 Å². The minimum atomic E-state index is -0.495. The molecule has 2 aliphatic rings. The summed E-state index contributed by atoms with van der Waals surface area (Å²) in [6.45, 7) is 0.934. The van der Waals surface area contributed by atoms with E-state index < -0.39 is 5.82 Å². The number of hydrogen-bond donors (Lipinski definition) is 3. The van der Waals surface area contributed by atoms with E-state index in [1.54, 1.807) is 31.6 Å². The number of nitrogens with zero attached hydrogens (tertiary/aromatic N) is 1. The maximum Gasteiger partial charge on any atom is 0.255 e. The Kier molecular flexibility index (Phi) is 6.10. The second-order valence-corrected chi connectivity index (χ2v) is 8.49. The topological polar surface area (TPSA) is 97.5 Å². The first kappa shape index (κ1) is 22.2. The first-order valence-electron chi connectivity index (χ1n) is 11.3. The Morgan fingerprint density at radius 1 is 1.24 bits per heavy atom. The van der Waals surface area contributed by atoms with Crippen molar-refractivity contribution in [1.82, 2.24) is 15.3 Å². The number of ether oxygens (including phenoxy) is 3. The molecule has 0 radical (unpaired) electrons. The van der Waals surface area contributed by atoms with Gasteiger partial charge < -0.3 is 29.8 Å². The quantitative estimate of drug-likeness (QED) is 0.528. The highest BCUT2D eigenvalue weighted by atomic mass is 19.1. The summed E-state index contributed by atoms with van der Waals surface area (Å²) >= 11 is 0. The number of pyridine rings is 1. The molecule has 0 unspecified atom stereocenters. The monoisotopic (exact) mass is 466 g/mol. The van der Waals surface area contributed by atoms with Crippen molar-refractivity contribution in [2.45, 2.75) is 31.3 Å². The number of amides is 1. The number of methoxy groups -OCH3 is 2. The van der Waals surface area contributed by atoms with Gasteiger partial charge in [-0.05, 0) is 31.0 Å². The third kappa shape index (κ3) is 3.96. The molecule has 4 heterocycles. The van der Waals surface area contributed by atoms with E-state index in [1.807, 2.05) is 6.07 Å². The molecule has 1 amide bonds. The zero-order valence-corrected chi connectivity index (χ0v) is 19.1. The second-order valence-electron chi connectivity index (χ2n) is 8.49. The summed E-state index contributed by atoms with van der Waals surface area (Å²) in [7, 11) is 3.10. The number of para-hydroxylation sites is 1. The number of benzene rings is 1. The predicted molar refractivity (Wildman–Crippen MR) is 125 cm³/mol. The fraction of sp³-hybridized carbons (Fsp3) is 0.360. The molecule has 2 bridgehead atoms. The lowest BCUT2D eigenvalue weighted by Gasteiger charge is -2.24. The van der Waals surface area contributed by atoms with Crippen LogP contribution in [-0.2, 0) is 4.74 Å². The molecule has 3 aromatic rings. The van der Waals surface area contributed by atoms with Gasteiger partial charge in [0.2, 0.25) is 0 Å². The molecular formula is C25H27FN4O4. The number of fused-ring (bicyclic) bond motifs is 3. The van der Waals surface area contributed by atoms with E-state index in [1.165, 1.54) is 13.2 Å². The van der Waals surface area contributed by atoms with Gasteiger partial charge in [0.25, 0.3) is 5.91 Å². The van der Waals surface area contributed by atoms with E-state index in [4.69, 9.17) is 14.2 Å². The molecule has 8 nitrogen and oxygen atoms in total. The third-order valence-corrected chi connectivity index (χ3v) is 6.49. The summed E-state index contributed by atoms with van der Waals surface area (Å²) in [5, 5.41) is 6.30. The van der Waals surface area contributed by atoms with Crippen molar-refractivity contribution < 1.29 is 23.4 Å². The molecule has 0 fully saturated rings. The normalized spacial score (nSPS) is 19.7. The number of carbonyl (C=O) groups is 1. The second kappa shape index (κ2) is 9.34. The van der Waals surface area contributed by atoms with Gasteiger partial charge in [-0.15, -0.1) is 0 Å². The molecule has 5 rings (SSSR count). The van der Waals surface area contributed by atoms with Crippen molar-refractivity contribution >= 4 is 17.3 Å². The van der Waals surface area contributed by atoms with E-state index in [9.17, 15) is 9.18 Å². The lowest BCUT2D eigenvalue weighted by atomic mass is 9.91. The molecule has 34 heavy (non-hydrogen) atoms. The van der Waals surface area contributed by atoms with Gasteiger partial charge in [0.1, 0.15) is 12.4 Å². The fourth-order valence-corrected chi connectivity index (χ4v) is 4.74. The highest BCUT2D eigenvalue weighted by molar-refractivity contribution is 6.07. The van der Waals surface area contributed by atoms with Gasteiger partial charge in [0.15, 0.2) is 11.6 Å². The lowest BCUT2D eigenvalue weighted by molar-refractivity contribution is 0.0498. The number of anilines is 2. The van der Waals surface area contributed by atoms with Crippen LogP contribution in [0.25, 0.3) is 11.3 Å². The zero-order chi connectivity index (χ0) is 23.7. The third-order valence-electron chi connectivity index (χ3n) is 6.49. The minimum Gasteiger partial charge on any atom is -0.492 e. The Bertz CT molecular complexity index is 1210. The number of rotatable bonds is 4. The molecule has 9 heteroatoms. The summed E-state index contributed by atoms with van der Waals surface area (Å²) < 4.78 is 31.5. The van der Waals surface area contributed by atoms with Crippen molar-refractivity contribution in [3.8, 4) is 22.8 Å². The number of aromatic nitrogens is 2. The van der Waals surface area contributed by atoms with Crippen LogP contribution < -0.4 is 20.1 Å². The van der Waals surface area contributed by atoms with Crippen LogP contribution in [-0.4, -0.2) is 49.4 Å². The largest absolute Gasteiger partial charge is 0.492 e. The number of hydrogen-bond acceptors (Lipinski definition) is 6. The van der Waals surface area contributed by atoms with Crippen LogP contribution in [0, 0.1) is 5.82 Å². The number of aromatic amines is 1. The van der Waals surface area contributed by atoms with Crippen LogP contribution in [0.15, 0.2) is 36.7 Å². The van der Waals surface area contributed by atoms with Gasteiger partial charge in [0.05, 0.1) is 42.0 Å². The highest BCUT2D eigenvalue weighted by Crippen LogP contribution is 2.44. The van der Waals surface area contributed by atoms with Crippen LogP contribution in [0.4, 0.5) is 15.8 Å². The molecular weight excluding hydrogens is 439 g/mol. The Labute approximate surface area is 196 Å². The molecule has 1 aromatic carbocycles. The van der Waals surface area contributed by atoms with Crippen LogP contribution in [0.1, 0.15) is 41.2 Å². The number of nitrogens with one attached hydrogen (secondary N) is 3. The van der Waals surface area contributed by atoms with Crippen molar-refractivity contribution in [2.75, 3.05) is 32.7 Å². The summed E-state index contributed by atoms with van der Waals surface area (Å²) in [6.07, 6.45) is 5.90. The highest BCUT2D eigenvalue weighted by Gasteiger charge is 2.34. The standard InChI is InChI=1S/C25H27FN4O4/c1-32-15-6-3-5-14-11-28-25(31)20-21(14)30-22(16-9-10-27-12-19(16)34-13-15)23(20)29-18-8-4-7-17(26)24(18)33-2/h4,7-10,12,14-15,29-30H,3,5-6,11,13H2,1-2H3,(H,28,31)/t14-,15-/m1/s1. The Hall–Kier alpha value is -3.59. The fourth-order valence-electron chi connectivity index (χ4n) is 4.74. The number of halogens is 1. The van der Waals surface area contributed by atoms with Crippen LogP contribution in [0.2, 0.25) is 0 Å². The first-order chi connectivity index (χ1) is 16.6. The van der Waals surface area contributed by atoms with Crippen molar-refractivity contribution in [1.29, 1.82) is 0 Å². The van der Waals surface area contributed by atoms with Crippen LogP contribution in [0.3, 0.4) is 0 Å². The number of carbonyl (C=O) groups excluding carboxylic acids is 1. The molecule has 0 saturated heterocycles. The van der Waals surface area contributed by atoms with E-state index in [0.717, 1.165) is 30.5 Å². The number of H-pyrrole nitrogens is 1. The molecule has 0 saturated carbocycles. The Balaban J connectivity index is 1.70. The minimum absolute atomic E-state index is 0.0483. The Morgan fingerprint density at radius 2 is 2.12 bits per heavy atom. The first-order valence-corrected chi connectivity index (χ1v) is 11.3. The van der Waals surface area contributed by atoms with Crippen LogP contribution in [0.5, 0.6) is 11.5 Å². The molecule has 178 valence electrons. The molecule has 0 spiro atoms. The predicted octanol–water partition coefficient (Wildman–Crippen LogP) is 4.37. The summed E-state index contributed by atoms with van der Waals surface area (Å²) in [4.78, 5) is 20.8. The maximum atomic E-state index is 14.4. The van der Waals surface area contributed by atoms with E-state index in [0.29, 0.717) is 41.5 Å². The van der Waals surface area contributed by atoms with Gasteiger partial charge in [0, 0.05) is 37.0 Å². The SMILES string of the molecule is COc1c(F)cccc1Nc1c2[nH]c3c1C(=O)NC[C@H]3CCC[C@@H](OC)COc1cnccc1-2. The van der Waals surface area contributed by atoms with Gasteiger partial charge in [-0.2, -0.15) is 0 Å². The molecule has 3 N–H and O–H groups in total. The molecule has 2 aromatic heterocycles. The average molecular weight is 467 g/mol. The van der Waals surface area contributed by atoms with Crippen molar-refractivity contribution in [2.24, 2.45) is 0 Å². The molecule has 2 aliphatic heterocycles. The van der Waals surface area contributed by atoms with E-state index in [2.05, 4.69) is 20.6 Å². The van der Waals surface area contributed by atoms with Crippen molar-refractivity contribution in [3.63, 3.8) is 0 Å². The lowest BCUT2D eigenvalue weighted by Crippen LogP contribution is -2.35. The molecule has 2 atom stereocenters. The summed E-state index contributed by atoms with van der Waals surface area (Å²) in [5.74, 6) is 0.0655. The van der Waals surface area contributed by atoms with Crippen LogP contribution >= 0.6 is 0 Å². The van der Waals surface area contributed by atoms with Crippen molar-refractivity contribution in [3.05, 3.63) is 53.7 Å². The smallest absolute Gasteiger partial charge is 0.255 e. The van der Waals surface area contributed by atoms with Gasteiger partial charge in [-0.25, -0.2) is 4.39 Å². The van der Waals surface area contributed by atoms with E-state index >= 15 is 0 Å². The summed E-state index contributed by atoms with van der Waals surface area (Å²) in [5.41, 5.74) is 3.74. The zero-order valence-electron chi connectivity index (χ0n) is 19.1.